The van der Waals surface area contributed by atoms with Crippen LogP contribution in [0, 0.1) is 6.92 Å². The molecule has 0 saturated heterocycles. The molecule has 6 nitrogen and oxygen atoms in total. The van der Waals surface area contributed by atoms with E-state index in [1.165, 1.54) is 4.57 Å². The molecule has 3 aromatic rings. The zero-order valence-corrected chi connectivity index (χ0v) is 11.0. The smallest absolute Gasteiger partial charge is 0.408 e. The fourth-order valence-corrected chi connectivity index (χ4v) is 2.34. The summed E-state index contributed by atoms with van der Waals surface area (Å²) in [5.41, 5.74) is 9.81. The summed E-state index contributed by atoms with van der Waals surface area (Å²) in [7, 11) is 3.54. The van der Waals surface area contributed by atoms with Gasteiger partial charge in [0.05, 0.1) is 16.9 Å². The lowest BCUT2D eigenvalue weighted by molar-refractivity contribution is 0.528. The highest BCUT2D eigenvalue weighted by Crippen LogP contribution is 2.27. The molecule has 0 unspecified atom stereocenters. The van der Waals surface area contributed by atoms with Crippen LogP contribution >= 0.6 is 0 Å². The molecule has 98 valence electrons. The quantitative estimate of drug-likeness (QED) is 0.716. The van der Waals surface area contributed by atoms with Gasteiger partial charge in [0.25, 0.3) is 0 Å². The van der Waals surface area contributed by atoms with Crippen molar-refractivity contribution in [3.8, 4) is 11.3 Å². The summed E-state index contributed by atoms with van der Waals surface area (Å²) in [4.78, 5) is 15.7. The Bertz CT molecular complexity index is 838. The highest BCUT2D eigenvalue weighted by Gasteiger charge is 2.13. The zero-order chi connectivity index (χ0) is 13.7. The van der Waals surface area contributed by atoms with Crippen LogP contribution in [0.2, 0.25) is 0 Å². The van der Waals surface area contributed by atoms with Gasteiger partial charge in [0.2, 0.25) is 5.95 Å². The van der Waals surface area contributed by atoms with Gasteiger partial charge in [-0.2, -0.15) is 0 Å². The molecule has 0 fully saturated rings. The number of hydrogen-bond donors (Lipinski definition) is 1. The molecule has 0 amide bonds. The Kier molecular flexibility index (Phi) is 2.28. The third-order valence-electron chi connectivity index (χ3n) is 3.37. The molecule has 0 aliphatic rings. The predicted octanol–water partition coefficient (Wildman–Crippen LogP) is 1.42. The number of oxazole rings is 1. The van der Waals surface area contributed by atoms with E-state index in [2.05, 4.69) is 4.98 Å². The van der Waals surface area contributed by atoms with E-state index in [4.69, 9.17) is 10.2 Å². The Morgan fingerprint density at radius 3 is 2.63 bits per heavy atom. The van der Waals surface area contributed by atoms with Crippen LogP contribution in [-0.4, -0.2) is 14.1 Å². The van der Waals surface area contributed by atoms with Gasteiger partial charge in [-0.1, -0.05) is 6.07 Å². The van der Waals surface area contributed by atoms with Crippen LogP contribution in [-0.2, 0) is 14.1 Å². The van der Waals surface area contributed by atoms with Crippen molar-refractivity contribution >= 4 is 17.0 Å². The topological polar surface area (TPSA) is 79.0 Å². The number of nitrogens with zero attached hydrogens (tertiary/aromatic N) is 3. The minimum Gasteiger partial charge on any atom is -0.408 e. The van der Waals surface area contributed by atoms with Gasteiger partial charge in [-0.15, -0.1) is 0 Å². The van der Waals surface area contributed by atoms with Crippen LogP contribution in [0.1, 0.15) is 5.69 Å². The number of nitrogen functional groups attached to an aromatic ring is 1. The highest BCUT2D eigenvalue weighted by molar-refractivity contribution is 5.80. The van der Waals surface area contributed by atoms with E-state index >= 15 is 0 Å². The van der Waals surface area contributed by atoms with Crippen molar-refractivity contribution in [1.82, 2.24) is 14.1 Å². The van der Waals surface area contributed by atoms with Crippen molar-refractivity contribution in [2.45, 2.75) is 6.92 Å². The van der Waals surface area contributed by atoms with E-state index in [1.54, 1.807) is 7.05 Å². The maximum absolute atomic E-state index is 11.5. The first kappa shape index (κ1) is 11.6. The standard InChI is InChI=1S/C13H14N4O2/c1-7-11(17(3)12(14)15-7)8-4-5-9-10(6-8)19-13(18)16(9)2/h4-6H,1-3H3,(H2,14,15). The summed E-state index contributed by atoms with van der Waals surface area (Å²) in [6, 6.07) is 5.62. The monoisotopic (exact) mass is 258 g/mol. The van der Waals surface area contributed by atoms with E-state index in [0.29, 0.717) is 11.5 Å². The molecule has 0 aliphatic carbocycles. The number of anilines is 1. The molecule has 1 aromatic carbocycles. The number of aromatic nitrogens is 3. The molecule has 0 spiro atoms. The number of imidazole rings is 1. The predicted molar refractivity (Wildman–Crippen MR) is 72.8 cm³/mol. The van der Waals surface area contributed by atoms with E-state index in [9.17, 15) is 4.79 Å². The molecule has 0 bridgehead atoms. The van der Waals surface area contributed by atoms with Gasteiger partial charge >= 0.3 is 5.76 Å². The van der Waals surface area contributed by atoms with E-state index < -0.39 is 0 Å². The van der Waals surface area contributed by atoms with Crippen molar-refractivity contribution in [1.29, 1.82) is 0 Å². The lowest BCUT2D eigenvalue weighted by atomic mass is 10.1. The molecule has 3 rings (SSSR count). The largest absolute Gasteiger partial charge is 0.419 e. The van der Waals surface area contributed by atoms with Crippen LogP contribution in [0.4, 0.5) is 5.95 Å². The SMILES string of the molecule is Cc1nc(N)n(C)c1-c1ccc2c(c1)oc(=O)n2C. The van der Waals surface area contributed by atoms with Crippen molar-refractivity contribution in [3.05, 3.63) is 34.4 Å². The second kappa shape index (κ2) is 3.74. The summed E-state index contributed by atoms with van der Waals surface area (Å²) >= 11 is 0. The minimum absolute atomic E-state index is 0.367. The van der Waals surface area contributed by atoms with Crippen molar-refractivity contribution in [3.63, 3.8) is 0 Å². The molecule has 2 N–H and O–H groups in total. The number of rotatable bonds is 1. The summed E-state index contributed by atoms with van der Waals surface area (Å²) in [5.74, 6) is 0.0931. The highest BCUT2D eigenvalue weighted by atomic mass is 16.4. The third kappa shape index (κ3) is 1.56. The van der Waals surface area contributed by atoms with Crippen molar-refractivity contribution < 1.29 is 4.42 Å². The first-order valence-corrected chi connectivity index (χ1v) is 5.88. The van der Waals surface area contributed by atoms with Gasteiger partial charge in [-0.25, -0.2) is 9.78 Å². The molecular weight excluding hydrogens is 244 g/mol. The van der Waals surface area contributed by atoms with Crippen molar-refractivity contribution in [2.75, 3.05) is 5.73 Å². The Hall–Kier alpha value is -2.50. The normalized spacial score (nSPS) is 11.3. The average molecular weight is 258 g/mol. The molecule has 19 heavy (non-hydrogen) atoms. The Labute approximate surface area is 109 Å². The molecule has 0 saturated carbocycles. The van der Waals surface area contributed by atoms with Crippen LogP contribution in [0.3, 0.4) is 0 Å². The van der Waals surface area contributed by atoms with Crippen LogP contribution < -0.4 is 11.5 Å². The number of aryl methyl sites for hydroxylation is 2. The van der Waals surface area contributed by atoms with Gasteiger partial charge < -0.3 is 14.7 Å². The second-order valence-corrected chi connectivity index (χ2v) is 4.57. The zero-order valence-electron chi connectivity index (χ0n) is 11.0. The van der Waals surface area contributed by atoms with Gasteiger partial charge in [0, 0.05) is 19.7 Å². The Morgan fingerprint density at radius 1 is 1.26 bits per heavy atom. The van der Waals surface area contributed by atoms with Gasteiger partial charge in [-0.05, 0) is 19.1 Å². The summed E-state index contributed by atoms with van der Waals surface area (Å²) < 4.78 is 8.49. The average Bonchev–Trinajstić information content (AvgIpc) is 2.78. The molecule has 0 atom stereocenters. The van der Waals surface area contributed by atoms with E-state index in [-0.39, 0.29) is 5.76 Å². The van der Waals surface area contributed by atoms with Gasteiger partial charge in [0.15, 0.2) is 5.58 Å². The summed E-state index contributed by atoms with van der Waals surface area (Å²) in [6.07, 6.45) is 0. The number of nitrogens with two attached hydrogens (primary N) is 1. The number of fused-ring (bicyclic) bond motifs is 1. The fourth-order valence-electron chi connectivity index (χ4n) is 2.34. The molecule has 2 heterocycles. The maximum atomic E-state index is 11.5. The third-order valence-corrected chi connectivity index (χ3v) is 3.37. The van der Waals surface area contributed by atoms with Crippen LogP contribution in [0.15, 0.2) is 27.4 Å². The number of hydrogen-bond acceptors (Lipinski definition) is 4. The lowest BCUT2D eigenvalue weighted by Gasteiger charge is -2.04. The first-order chi connectivity index (χ1) is 8.99. The summed E-state index contributed by atoms with van der Waals surface area (Å²) in [5, 5.41) is 0. The van der Waals surface area contributed by atoms with Crippen molar-refractivity contribution in [2.24, 2.45) is 14.1 Å². The fraction of sp³-hybridized carbons (Fsp3) is 0.231. The molecule has 0 aliphatic heterocycles. The van der Waals surface area contributed by atoms with Crippen LogP contribution in [0.25, 0.3) is 22.4 Å². The van der Waals surface area contributed by atoms with Gasteiger partial charge in [-0.3, -0.25) is 4.57 Å². The first-order valence-electron chi connectivity index (χ1n) is 5.88. The van der Waals surface area contributed by atoms with Crippen LogP contribution in [0.5, 0.6) is 0 Å². The molecule has 0 radical (unpaired) electrons. The molecular formula is C13H14N4O2. The molecule has 2 aromatic heterocycles. The second-order valence-electron chi connectivity index (χ2n) is 4.57. The lowest BCUT2D eigenvalue weighted by Crippen LogP contribution is -2.08. The summed E-state index contributed by atoms with van der Waals surface area (Å²) in [6.45, 7) is 1.90. The minimum atomic E-state index is -0.367. The molecule has 6 heteroatoms. The number of benzene rings is 1. The Balaban J connectivity index is 2.29. The maximum Gasteiger partial charge on any atom is 0.419 e. The Morgan fingerprint density at radius 2 is 2.00 bits per heavy atom. The van der Waals surface area contributed by atoms with E-state index in [1.807, 2.05) is 36.7 Å². The van der Waals surface area contributed by atoms with E-state index in [0.717, 1.165) is 22.5 Å². The van der Waals surface area contributed by atoms with Gasteiger partial charge in [0.1, 0.15) is 0 Å².